The lowest BCUT2D eigenvalue weighted by Crippen LogP contribution is -2.40. The lowest BCUT2D eigenvalue weighted by molar-refractivity contribution is -0.0973. The van der Waals surface area contributed by atoms with Gasteiger partial charge in [0.1, 0.15) is 0 Å². The van der Waals surface area contributed by atoms with Gasteiger partial charge in [0.05, 0.1) is 12.2 Å². The van der Waals surface area contributed by atoms with Crippen LogP contribution in [0.3, 0.4) is 0 Å². The Morgan fingerprint density at radius 2 is 2.11 bits per heavy atom. The fourth-order valence-electron chi connectivity index (χ4n) is 3.17. The van der Waals surface area contributed by atoms with Crippen molar-refractivity contribution in [3.05, 3.63) is 35.9 Å². The maximum atomic E-state index is 12.2. The third-order valence-corrected chi connectivity index (χ3v) is 4.23. The van der Waals surface area contributed by atoms with Gasteiger partial charge in [-0.2, -0.15) is 0 Å². The Morgan fingerprint density at radius 3 is 2.84 bits per heavy atom. The van der Waals surface area contributed by atoms with Gasteiger partial charge in [-0.05, 0) is 18.8 Å². The fourth-order valence-corrected chi connectivity index (χ4v) is 3.17. The quantitative estimate of drug-likeness (QED) is 0.784. The number of ketones is 1. The van der Waals surface area contributed by atoms with Gasteiger partial charge in [-0.1, -0.05) is 30.3 Å². The van der Waals surface area contributed by atoms with Crippen molar-refractivity contribution < 1.29 is 14.3 Å². The molecule has 3 nitrogen and oxygen atoms in total. The van der Waals surface area contributed by atoms with Crippen LogP contribution in [0.2, 0.25) is 0 Å². The molecule has 0 amide bonds. The van der Waals surface area contributed by atoms with E-state index in [0.717, 1.165) is 38.0 Å². The third kappa shape index (κ3) is 2.88. The summed E-state index contributed by atoms with van der Waals surface area (Å²) < 4.78 is 11.4. The van der Waals surface area contributed by atoms with Crippen molar-refractivity contribution in [3.63, 3.8) is 0 Å². The van der Waals surface area contributed by atoms with E-state index in [-0.39, 0.29) is 11.4 Å². The second-order valence-electron chi connectivity index (χ2n) is 5.69. The molecule has 3 rings (SSSR count). The summed E-state index contributed by atoms with van der Waals surface area (Å²) in [6, 6.07) is 9.58. The molecule has 2 heterocycles. The zero-order valence-electron chi connectivity index (χ0n) is 11.1. The van der Waals surface area contributed by atoms with Gasteiger partial charge in [0.2, 0.25) is 0 Å². The van der Waals surface area contributed by atoms with Crippen LogP contribution in [-0.4, -0.2) is 31.2 Å². The number of benzene rings is 1. The zero-order valence-corrected chi connectivity index (χ0v) is 11.1. The minimum Gasteiger partial charge on any atom is -0.378 e. The van der Waals surface area contributed by atoms with Gasteiger partial charge in [0.15, 0.2) is 5.78 Å². The highest BCUT2D eigenvalue weighted by Crippen LogP contribution is 2.37. The standard InChI is InChI=1S/C16H20O3/c17-15(14-4-2-1-3-5-14)10-13-6-8-19-16(11-13)7-9-18-12-16/h1-5,13H,6-12H2. The fraction of sp³-hybridized carbons (Fsp3) is 0.562. The second kappa shape index (κ2) is 5.43. The van der Waals surface area contributed by atoms with Crippen LogP contribution in [0.25, 0.3) is 0 Å². The van der Waals surface area contributed by atoms with Gasteiger partial charge < -0.3 is 9.47 Å². The van der Waals surface area contributed by atoms with Gasteiger partial charge in [0, 0.05) is 31.6 Å². The first-order valence-electron chi connectivity index (χ1n) is 7.07. The minimum atomic E-state index is -0.0973. The van der Waals surface area contributed by atoms with E-state index < -0.39 is 0 Å². The Kier molecular flexibility index (Phi) is 3.67. The third-order valence-electron chi connectivity index (χ3n) is 4.23. The van der Waals surface area contributed by atoms with E-state index in [1.54, 1.807) is 0 Å². The molecule has 19 heavy (non-hydrogen) atoms. The number of hydrogen-bond donors (Lipinski definition) is 0. The van der Waals surface area contributed by atoms with Gasteiger partial charge in [-0.15, -0.1) is 0 Å². The summed E-state index contributed by atoms with van der Waals surface area (Å²) in [7, 11) is 0. The van der Waals surface area contributed by atoms with Gasteiger partial charge in [-0.25, -0.2) is 0 Å². The number of carbonyl (C=O) groups is 1. The summed E-state index contributed by atoms with van der Waals surface area (Å²) in [5.41, 5.74) is 0.727. The number of ether oxygens (including phenoxy) is 2. The Labute approximate surface area is 113 Å². The molecule has 0 aliphatic carbocycles. The maximum absolute atomic E-state index is 12.2. The smallest absolute Gasteiger partial charge is 0.163 e. The number of hydrogen-bond acceptors (Lipinski definition) is 3. The molecule has 2 atom stereocenters. The van der Waals surface area contributed by atoms with E-state index in [4.69, 9.17) is 9.47 Å². The predicted molar refractivity (Wildman–Crippen MR) is 72.2 cm³/mol. The normalized spacial score (nSPS) is 30.6. The number of Topliss-reactive ketones (excluding diaryl/α,β-unsaturated/α-hetero) is 1. The Hall–Kier alpha value is -1.19. The summed E-state index contributed by atoms with van der Waals surface area (Å²) in [6.07, 6.45) is 3.56. The van der Waals surface area contributed by atoms with E-state index in [1.165, 1.54) is 0 Å². The summed E-state index contributed by atoms with van der Waals surface area (Å²) in [4.78, 5) is 12.2. The molecule has 2 unspecified atom stereocenters. The van der Waals surface area contributed by atoms with Gasteiger partial charge in [0.25, 0.3) is 0 Å². The Bertz CT molecular complexity index is 435. The second-order valence-corrected chi connectivity index (χ2v) is 5.69. The van der Waals surface area contributed by atoms with E-state index in [2.05, 4.69) is 0 Å². The Balaban J connectivity index is 1.62. The molecular formula is C16H20O3. The molecule has 2 fully saturated rings. The average molecular weight is 260 g/mol. The molecule has 2 saturated heterocycles. The van der Waals surface area contributed by atoms with Crippen molar-refractivity contribution >= 4 is 5.78 Å². The topological polar surface area (TPSA) is 35.5 Å². The first kappa shape index (κ1) is 12.8. The van der Waals surface area contributed by atoms with E-state index in [9.17, 15) is 4.79 Å². The van der Waals surface area contributed by atoms with Crippen molar-refractivity contribution in [2.24, 2.45) is 5.92 Å². The SMILES string of the molecule is O=C(CC1CCOC2(CCOC2)C1)c1ccccc1. The van der Waals surface area contributed by atoms with Crippen molar-refractivity contribution in [2.75, 3.05) is 19.8 Å². The highest BCUT2D eigenvalue weighted by molar-refractivity contribution is 5.96. The Morgan fingerprint density at radius 1 is 1.26 bits per heavy atom. The van der Waals surface area contributed by atoms with Gasteiger partial charge >= 0.3 is 0 Å². The summed E-state index contributed by atoms with van der Waals surface area (Å²) in [5.74, 6) is 0.685. The predicted octanol–water partition coefficient (Wildman–Crippen LogP) is 2.85. The molecule has 102 valence electrons. The summed E-state index contributed by atoms with van der Waals surface area (Å²) in [5, 5.41) is 0. The minimum absolute atomic E-state index is 0.0973. The molecule has 0 saturated carbocycles. The van der Waals surface area contributed by atoms with E-state index in [0.29, 0.717) is 18.9 Å². The van der Waals surface area contributed by atoms with E-state index in [1.807, 2.05) is 30.3 Å². The average Bonchev–Trinajstić information content (AvgIpc) is 2.88. The van der Waals surface area contributed by atoms with Crippen LogP contribution < -0.4 is 0 Å². The lowest BCUT2D eigenvalue weighted by atomic mass is 9.82. The lowest BCUT2D eigenvalue weighted by Gasteiger charge is -2.36. The molecule has 2 aliphatic heterocycles. The number of rotatable bonds is 3. The first-order valence-corrected chi connectivity index (χ1v) is 7.07. The van der Waals surface area contributed by atoms with Crippen molar-refractivity contribution in [1.82, 2.24) is 0 Å². The van der Waals surface area contributed by atoms with Crippen molar-refractivity contribution in [2.45, 2.75) is 31.3 Å². The van der Waals surface area contributed by atoms with Crippen molar-refractivity contribution in [1.29, 1.82) is 0 Å². The van der Waals surface area contributed by atoms with Crippen LogP contribution in [0.4, 0.5) is 0 Å². The van der Waals surface area contributed by atoms with Crippen LogP contribution >= 0.6 is 0 Å². The highest BCUT2D eigenvalue weighted by Gasteiger charge is 2.41. The summed E-state index contributed by atoms with van der Waals surface area (Å²) in [6.45, 7) is 2.25. The first-order chi connectivity index (χ1) is 9.27. The largest absolute Gasteiger partial charge is 0.378 e. The van der Waals surface area contributed by atoms with Crippen LogP contribution in [0.15, 0.2) is 30.3 Å². The van der Waals surface area contributed by atoms with Crippen LogP contribution in [-0.2, 0) is 9.47 Å². The highest BCUT2D eigenvalue weighted by atomic mass is 16.6. The van der Waals surface area contributed by atoms with E-state index >= 15 is 0 Å². The molecule has 0 aromatic heterocycles. The molecule has 0 N–H and O–H groups in total. The van der Waals surface area contributed by atoms with Crippen LogP contribution in [0.5, 0.6) is 0 Å². The maximum Gasteiger partial charge on any atom is 0.163 e. The molecule has 1 spiro atoms. The molecule has 1 aromatic carbocycles. The zero-order chi connectivity index (χ0) is 13.1. The van der Waals surface area contributed by atoms with Crippen LogP contribution in [0, 0.1) is 5.92 Å². The molecule has 0 bridgehead atoms. The molecule has 1 aromatic rings. The summed E-state index contributed by atoms with van der Waals surface area (Å²) >= 11 is 0. The van der Waals surface area contributed by atoms with Crippen molar-refractivity contribution in [3.8, 4) is 0 Å². The number of carbonyl (C=O) groups excluding carboxylic acids is 1. The molecular weight excluding hydrogens is 240 g/mol. The molecule has 2 aliphatic rings. The van der Waals surface area contributed by atoms with Crippen LogP contribution in [0.1, 0.15) is 36.0 Å². The monoisotopic (exact) mass is 260 g/mol. The molecule has 0 radical (unpaired) electrons. The molecule has 3 heteroatoms. The van der Waals surface area contributed by atoms with Gasteiger partial charge in [-0.3, -0.25) is 4.79 Å².